The van der Waals surface area contributed by atoms with Crippen molar-refractivity contribution >= 4 is 11.6 Å². The Bertz CT molecular complexity index is 1190. The summed E-state index contributed by atoms with van der Waals surface area (Å²) in [7, 11) is 1.78. The van der Waals surface area contributed by atoms with Gasteiger partial charge in [0.1, 0.15) is 11.6 Å². The average Bonchev–Trinajstić information content (AvgIpc) is 3.25. The van der Waals surface area contributed by atoms with Crippen LogP contribution in [0.1, 0.15) is 41.6 Å². The van der Waals surface area contributed by atoms with Crippen molar-refractivity contribution in [2.45, 2.75) is 37.9 Å². The third-order valence-corrected chi connectivity index (χ3v) is 6.01. The largest absolute Gasteiger partial charge is 0.493 e. The molecule has 0 bridgehead atoms. The molecule has 4 rings (SSSR count). The smallest absolute Gasteiger partial charge is 0.419 e. The van der Waals surface area contributed by atoms with Crippen LogP contribution in [0.4, 0.5) is 23.2 Å². The zero-order valence-electron chi connectivity index (χ0n) is 19.2. The van der Waals surface area contributed by atoms with Crippen LogP contribution in [-0.4, -0.2) is 34.9 Å². The first-order valence-electron chi connectivity index (χ1n) is 11.4. The lowest BCUT2D eigenvalue weighted by Gasteiger charge is -2.23. The minimum Gasteiger partial charge on any atom is -0.493 e. The van der Waals surface area contributed by atoms with Crippen molar-refractivity contribution in [1.82, 2.24) is 15.1 Å². The van der Waals surface area contributed by atoms with Crippen molar-refractivity contribution in [1.29, 1.82) is 0 Å². The zero-order chi connectivity index (χ0) is 25.0. The molecule has 1 aromatic heterocycles. The van der Waals surface area contributed by atoms with Gasteiger partial charge in [0, 0.05) is 36.1 Å². The molecule has 0 spiro atoms. The van der Waals surface area contributed by atoms with Crippen LogP contribution >= 0.6 is 0 Å². The van der Waals surface area contributed by atoms with Gasteiger partial charge in [-0.2, -0.15) is 18.3 Å². The van der Waals surface area contributed by atoms with Crippen molar-refractivity contribution in [3.63, 3.8) is 0 Å². The van der Waals surface area contributed by atoms with Gasteiger partial charge in [0.15, 0.2) is 0 Å². The van der Waals surface area contributed by atoms with Crippen LogP contribution in [0, 0.1) is 5.82 Å². The summed E-state index contributed by atoms with van der Waals surface area (Å²) in [5, 5.41) is 10.3. The SMILES string of the molecule is Cn1nccc1-c1cc(NC(=O)c2ccc(C(F)(F)F)c(F)c2)ccc1OCCC1CCCCN1. The van der Waals surface area contributed by atoms with Gasteiger partial charge in [-0.05, 0) is 68.3 Å². The second-order valence-corrected chi connectivity index (χ2v) is 8.48. The molecule has 3 aromatic rings. The lowest BCUT2D eigenvalue weighted by Crippen LogP contribution is -2.35. The van der Waals surface area contributed by atoms with Gasteiger partial charge >= 0.3 is 6.18 Å². The number of piperidine rings is 1. The van der Waals surface area contributed by atoms with Crippen LogP contribution < -0.4 is 15.4 Å². The van der Waals surface area contributed by atoms with Gasteiger partial charge in [-0.15, -0.1) is 0 Å². The van der Waals surface area contributed by atoms with Gasteiger partial charge in [-0.1, -0.05) is 6.42 Å². The Kier molecular flexibility index (Phi) is 7.39. The Morgan fingerprint density at radius 3 is 2.69 bits per heavy atom. The van der Waals surface area contributed by atoms with Crippen LogP contribution in [0.5, 0.6) is 5.75 Å². The van der Waals surface area contributed by atoms with Gasteiger partial charge in [0.05, 0.1) is 17.9 Å². The van der Waals surface area contributed by atoms with Crippen LogP contribution in [0.2, 0.25) is 0 Å². The standard InChI is InChI=1S/C25H26F4N4O2/c1-33-22(9-12-31-33)19-15-18(6-8-23(19)35-13-10-17-4-2-3-11-30-17)32-24(34)16-5-7-20(21(26)14-16)25(27,28)29/h5-9,12,14-15,17,30H,2-4,10-11,13H2,1H3,(H,32,34). The van der Waals surface area contributed by atoms with E-state index in [1.807, 2.05) is 6.07 Å². The fraction of sp³-hybridized carbons (Fsp3) is 0.360. The van der Waals surface area contributed by atoms with Crippen molar-refractivity contribution in [3.8, 4) is 17.0 Å². The average molecular weight is 491 g/mol. The second kappa shape index (κ2) is 10.5. The number of hydrogen-bond acceptors (Lipinski definition) is 4. The molecule has 0 saturated carbocycles. The van der Waals surface area contributed by atoms with Crippen molar-refractivity contribution < 1.29 is 27.1 Å². The van der Waals surface area contributed by atoms with Gasteiger partial charge in [-0.3, -0.25) is 9.48 Å². The molecule has 1 amide bonds. The minimum atomic E-state index is -4.83. The number of nitrogens with one attached hydrogen (secondary N) is 2. The van der Waals surface area contributed by atoms with Crippen LogP contribution in [-0.2, 0) is 13.2 Å². The minimum absolute atomic E-state index is 0.224. The molecule has 2 N–H and O–H groups in total. The third-order valence-electron chi connectivity index (χ3n) is 6.01. The highest BCUT2D eigenvalue weighted by molar-refractivity contribution is 6.04. The van der Waals surface area contributed by atoms with Gasteiger partial charge in [-0.25, -0.2) is 4.39 Å². The van der Waals surface area contributed by atoms with E-state index in [0.29, 0.717) is 41.8 Å². The molecular formula is C25H26F4N4O2. The molecule has 1 fully saturated rings. The Morgan fingerprint density at radius 1 is 1.20 bits per heavy atom. The Morgan fingerprint density at radius 2 is 2.03 bits per heavy atom. The molecule has 186 valence electrons. The number of amides is 1. The normalized spacial score (nSPS) is 16.2. The summed E-state index contributed by atoms with van der Waals surface area (Å²) in [4.78, 5) is 12.6. The Hall–Kier alpha value is -3.40. The number of aryl methyl sites for hydroxylation is 1. The number of aromatic nitrogens is 2. The van der Waals surface area contributed by atoms with E-state index in [1.54, 1.807) is 36.1 Å². The van der Waals surface area contributed by atoms with E-state index in [2.05, 4.69) is 15.7 Å². The highest BCUT2D eigenvalue weighted by atomic mass is 19.4. The van der Waals surface area contributed by atoms with E-state index in [9.17, 15) is 22.4 Å². The molecule has 1 aliphatic heterocycles. The van der Waals surface area contributed by atoms with Crippen LogP contribution in [0.15, 0.2) is 48.7 Å². The third kappa shape index (κ3) is 6.00. The summed E-state index contributed by atoms with van der Waals surface area (Å²) in [6.07, 6.45) is 1.18. The highest BCUT2D eigenvalue weighted by Crippen LogP contribution is 2.34. The quantitative estimate of drug-likeness (QED) is 0.435. The monoisotopic (exact) mass is 490 g/mol. The van der Waals surface area contributed by atoms with E-state index < -0.39 is 23.5 Å². The maximum Gasteiger partial charge on any atom is 0.419 e. The molecule has 10 heteroatoms. The molecular weight excluding hydrogens is 464 g/mol. The number of ether oxygens (including phenoxy) is 1. The molecule has 0 aliphatic carbocycles. The molecule has 1 atom stereocenters. The van der Waals surface area contributed by atoms with Gasteiger partial charge in [0.2, 0.25) is 0 Å². The number of carbonyl (C=O) groups excluding carboxylic acids is 1. The van der Waals surface area contributed by atoms with Crippen molar-refractivity contribution in [3.05, 3.63) is 65.6 Å². The summed E-state index contributed by atoms with van der Waals surface area (Å²) >= 11 is 0. The number of anilines is 1. The Labute approximate surface area is 200 Å². The van der Waals surface area contributed by atoms with Crippen molar-refractivity contribution in [2.75, 3.05) is 18.5 Å². The molecule has 35 heavy (non-hydrogen) atoms. The van der Waals surface area contributed by atoms with Crippen molar-refractivity contribution in [2.24, 2.45) is 7.05 Å². The Balaban J connectivity index is 1.52. The number of nitrogens with zero attached hydrogens (tertiary/aromatic N) is 2. The zero-order valence-corrected chi connectivity index (χ0v) is 19.2. The molecule has 1 unspecified atom stereocenters. The second-order valence-electron chi connectivity index (χ2n) is 8.48. The molecule has 1 aliphatic rings. The summed E-state index contributed by atoms with van der Waals surface area (Å²) in [6, 6.07) is 9.36. The molecule has 2 aromatic carbocycles. The number of alkyl halides is 3. The summed E-state index contributed by atoms with van der Waals surface area (Å²) in [6.45, 7) is 1.53. The lowest BCUT2D eigenvalue weighted by atomic mass is 10.0. The van der Waals surface area contributed by atoms with Crippen LogP contribution in [0.25, 0.3) is 11.3 Å². The predicted molar refractivity (Wildman–Crippen MR) is 124 cm³/mol. The number of rotatable bonds is 7. The fourth-order valence-corrected chi connectivity index (χ4v) is 4.14. The number of halogens is 4. The first-order chi connectivity index (χ1) is 16.7. The number of hydrogen-bond donors (Lipinski definition) is 2. The van der Waals surface area contributed by atoms with E-state index in [1.165, 1.54) is 12.8 Å². The maximum atomic E-state index is 13.9. The molecule has 1 saturated heterocycles. The van der Waals surface area contributed by atoms with E-state index in [4.69, 9.17) is 4.74 Å². The maximum absolute atomic E-state index is 13.9. The summed E-state index contributed by atoms with van der Waals surface area (Å²) < 4.78 is 60.1. The highest BCUT2D eigenvalue weighted by Gasteiger charge is 2.34. The van der Waals surface area contributed by atoms with E-state index >= 15 is 0 Å². The predicted octanol–water partition coefficient (Wildman–Crippen LogP) is 5.41. The lowest BCUT2D eigenvalue weighted by molar-refractivity contribution is -0.140. The summed E-state index contributed by atoms with van der Waals surface area (Å²) in [5.41, 5.74) is 0.189. The fourth-order valence-electron chi connectivity index (χ4n) is 4.14. The van der Waals surface area contributed by atoms with E-state index in [-0.39, 0.29) is 5.56 Å². The topological polar surface area (TPSA) is 68.2 Å². The van der Waals surface area contributed by atoms with E-state index in [0.717, 1.165) is 31.1 Å². The molecule has 6 nitrogen and oxygen atoms in total. The summed E-state index contributed by atoms with van der Waals surface area (Å²) in [5.74, 6) is -1.62. The number of benzene rings is 2. The van der Waals surface area contributed by atoms with Gasteiger partial charge in [0.25, 0.3) is 5.91 Å². The first kappa shape index (κ1) is 24.7. The van der Waals surface area contributed by atoms with Gasteiger partial charge < -0.3 is 15.4 Å². The molecule has 0 radical (unpaired) electrons. The first-order valence-corrected chi connectivity index (χ1v) is 11.4. The van der Waals surface area contributed by atoms with Crippen LogP contribution in [0.3, 0.4) is 0 Å². The molecule has 2 heterocycles. The number of carbonyl (C=O) groups is 1.